The average Bonchev–Trinajstić information content (AvgIpc) is 2.95. The lowest BCUT2D eigenvalue weighted by Gasteiger charge is -2.12. The zero-order valence-electron chi connectivity index (χ0n) is 8.78. The highest BCUT2D eigenvalue weighted by Gasteiger charge is 2.19. The molecule has 0 bridgehead atoms. The highest BCUT2D eigenvalue weighted by atomic mass is 35.5. The van der Waals surface area contributed by atoms with Gasteiger partial charge in [0.15, 0.2) is 0 Å². The molecule has 2 heterocycles. The number of hydrogen-bond acceptors (Lipinski definition) is 2. The van der Waals surface area contributed by atoms with Gasteiger partial charge in [0.1, 0.15) is 0 Å². The summed E-state index contributed by atoms with van der Waals surface area (Å²) in [6.07, 6.45) is 1.03. The molecule has 4 heteroatoms. The van der Waals surface area contributed by atoms with Crippen LogP contribution in [0, 0.1) is 0 Å². The third-order valence-electron chi connectivity index (χ3n) is 2.93. The number of aromatic amines is 1. The molecule has 1 fully saturated rings. The van der Waals surface area contributed by atoms with Crippen LogP contribution in [0.15, 0.2) is 35.4 Å². The Bertz CT molecular complexity index is 511. The number of imidazole rings is 1. The zero-order chi connectivity index (χ0) is 11.0. The molecule has 82 valence electrons. The standard InChI is InChI=1S/C12H12ClN3/c13-7-9-5-6-16(8-9)12-14-10-3-1-2-4-11(10)15-12/h1-4,7H,5-6,8H2,(H,14,15). The Kier molecular flexibility index (Phi) is 2.33. The van der Waals surface area contributed by atoms with Crippen LogP contribution in [0.3, 0.4) is 0 Å². The molecule has 1 aliphatic heterocycles. The quantitative estimate of drug-likeness (QED) is 0.822. The lowest BCUT2D eigenvalue weighted by molar-refractivity contribution is 0.924. The molecule has 3 nitrogen and oxygen atoms in total. The van der Waals surface area contributed by atoms with Crippen molar-refractivity contribution in [2.75, 3.05) is 18.0 Å². The molecule has 2 aromatic rings. The minimum absolute atomic E-state index is 0.878. The third kappa shape index (κ3) is 1.57. The van der Waals surface area contributed by atoms with Crippen LogP contribution in [0.1, 0.15) is 6.42 Å². The van der Waals surface area contributed by atoms with Gasteiger partial charge in [-0.2, -0.15) is 0 Å². The monoisotopic (exact) mass is 233 g/mol. The summed E-state index contributed by atoms with van der Waals surface area (Å²) in [7, 11) is 0. The number of hydrogen-bond donors (Lipinski definition) is 1. The van der Waals surface area contributed by atoms with Crippen LogP contribution in [-0.4, -0.2) is 23.1 Å². The molecule has 16 heavy (non-hydrogen) atoms. The highest BCUT2D eigenvalue weighted by molar-refractivity contribution is 6.25. The molecule has 3 rings (SSSR count). The van der Waals surface area contributed by atoms with E-state index in [1.807, 2.05) is 24.3 Å². The fourth-order valence-electron chi connectivity index (χ4n) is 2.04. The summed E-state index contributed by atoms with van der Waals surface area (Å²) >= 11 is 5.72. The first-order chi connectivity index (χ1) is 7.86. The van der Waals surface area contributed by atoms with E-state index in [1.54, 1.807) is 5.54 Å². The minimum atomic E-state index is 0.878. The summed E-state index contributed by atoms with van der Waals surface area (Å²) in [5.41, 5.74) is 5.05. The minimum Gasteiger partial charge on any atom is -0.338 e. The van der Waals surface area contributed by atoms with Crippen LogP contribution in [0.4, 0.5) is 5.95 Å². The SMILES string of the molecule is ClC=C1CCN(c2nc3ccccc3[nH]2)C1. The Balaban J connectivity index is 1.95. The van der Waals surface area contributed by atoms with Crippen molar-refractivity contribution in [2.24, 2.45) is 0 Å². The van der Waals surface area contributed by atoms with Crippen molar-refractivity contribution in [3.05, 3.63) is 35.4 Å². The molecule has 1 aliphatic rings. The summed E-state index contributed by atoms with van der Waals surface area (Å²) in [6.45, 7) is 1.86. The predicted molar refractivity (Wildman–Crippen MR) is 66.9 cm³/mol. The van der Waals surface area contributed by atoms with Crippen LogP contribution in [-0.2, 0) is 0 Å². The van der Waals surface area contributed by atoms with E-state index in [2.05, 4.69) is 14.9 Å². The smallest absolute Gasteiger partial charge is 0.204 e. The topological polar surface area (TPSA) is 31.9 Å². The molecular weight excluding hydrogens is 222 g/mol. The molecule has 1 aromatic carbocycles. The maximum atomic E-state index is 5.72. The van der Waals surface area contributed by atoms with Gasteiger partial charge in [-0.3, -0.25) is 0 Å². The van der Waals surface area contributed by atoms with E-state index in [0.717, 1.165) is 36.5 Å². The van der Waals surface area contributed by atoms with Gasteiger partial charge in [0.2, 0.25) is 5.95 Å². The molecule has 1 saturated heterocycles. The first-order valence-electron chi connectivity index (χ1n) is 5.34. The molecule has 0 atom stereocenters. The summed E-state index contributed by atoms with van der Waals surface area (Å²) in [5.74, 6) is 0.940. The van der Waals surface area contributed by atoms with E-state index < -0.39 is 0 Å². The Morgan fingerprint density at radius 3 is 3.00 bits per heavy atom. The van der Waals surface area contributed by atoms with Gasteiger partial charge < -0.3 is 9.88 Å². The van der Waals surface area contributed by atoms with E-state index in [0.29, 0.717) is 0 Å². The molecule has 0 unspecified atom stereocenters. The van der Waals surface area contributed by atoms with Crippen molar-refractivity contribution >= 4 is 28.6 Å². The van der Waals surface area contributed by atoms with Crippen LogP contribution >= 0.6 is 11.6 Å². The average molecular weight is 234 g/mol. The van der Waals surface area contributed by atoms with Gasteiger partial charge in [-0.1, -0.05) is 23.7 Å². The number of H-pyrrole nitrogens is 1. The maximum absolute atomic E-state index is 5.72. The normalized spacial score (nSPS) is 18.8. The number of rotatable bonds is 1. The summed E-state index contributed by atoms with van der Waals surface area (Å²) in [6, 6.07) is 8.07. The van der Waals surface area contributed by atoms with Gasteiger partial charge in [-0.25, -0.2) is 4.98 Å². The van der Waals surface area contributed by atoms with E-state index in [-0.39, 0.29) is 0 Å². The van der Waals surface area contributed by atoms with Crippen molar-refractivity contribution in [2.45, 2.75) is 6.42 Å². The molecule has 1 N–H and O–H groups in total. The lowest BCUT2D eigenvalue weighted by Crippen LogP contribution is -2.19. The largest absolute Gasteiger partial charge is 0.338 e. The van der Waals surface area contributed by atoms with E-state index in [4.69, 9.17) is 11.6 Å². The molecule has 0 aliphatic carbocycles. The Morgan fingerprint density at radius 2 is 2.25 bits per heavy atom. The van der Waals surface area contributed by atoms with Gasteiger partial charge in [0.25, 0.3) is 0 Å². The summed E-state index contributed by atoms with van der Waals surface area (Å²) in [5, 5.41) is 0. The number of nitrogens with one attached hydrogen (secondary N) is 1. The predicted octanol–water partition coefficient (Wildman–Crippen LogP) is 2.90. The molecule has 1 aromatic heterocycles. The third-order valence-corrected chi connectivity index (χ3v) is 3.24. The van der Waals surface area contributed by atoms with E-state index in [1.165, 1.54) is 5.57 Å². The number of halogens is 1. The summed E-state index contributed by atoms with van der Waals surface area (Å²) in [4.78, 5) is 10.1. The van der Waals surface area contributed by atoms with Gasteiger partial charge in [0.05, 0.1) is 11.0 Å². The Morgan fingerprint density at radius 1 is 1.38 bits per heavy atom. The van der Waals surface area contributed by atoms with Gasteiger partial charge >= 0.3 is 0 Å². The van der Waals surface area contributed by atoms with Crippen molar-refractivity contribution in [3.63, 3.8) is 0 Å². The number of aromatic nitrogens is 2. The molecular formula is C12H12ClN3. The fourth-order valence-corrected chi connectivity index (χ4v) is 2.22. The lowest BCUT2D eigenvalue weighted by atomic mass is 10.3. The second-order valence-electron chi connectivity index (χ2n) is 4.02. The second-order valence-corrected chi connectivity index (χ2v) is 4.23. The number of anilines is 1. The number of para-hydroxylation sites is 2. The van der Waals surface area contributed by atoms with Gasteiger partial charge in [-0.15, -0.1) is 0 Å². The number of fused-ring (bicyclic) bond motifs is 1. The van der Waals surface area contributed by atoms with Crippen LogP contribution in [0.25, 0.3) is 11.0 Å². The van der Waals surface area contributed by atoms with Crippen molar-refractivity contribution < 1.29 is 0 Å². The van der Waals surface area contributed by atoms with Crippen molar-refractivity contribution in [1.29, 1.82) is 0 Å². The van der Waals surface area contributed by atoms with Crippen LogP contribution in [0.5, 0.6) is 0 Å². The second kappa shape index (κ2) is 3.83. The maximum Gasteiger partial charge on any atom is 0.204 e. The molecule has 0 amide bonds. The van der Waals surface area contributed by atoms with Crippen molar-refractivity contribution in [1.82, 2.24) is 9.97 Å². The first kappa shape index (κ1) is 9.73. The van der Waals surface area contributed by atoms with E-state index >= 15 is 0 Å². The van der Waals surface area contributed by atoms with Gasteiger partial charge in [-0.05, 0) is 24.1 Å². The molecule has 0 radical (unpaired) electrons. The number of benzene rings is 1. The fraction of sp³-hybridized carbons (Fsp3) is 0.250. The van der Waals surface area contributed by atoms with Crippen LogP contribution in [0.2, 0.25) is 0 Å². The molecule has 0 spiro atoms. The zero-order valence-corrected chi connectivity index (χ0v) is 9.54. The first-order valence-corrected chi connectivity index (χ1v) is 5.78. The highest BCUT2D eigenvalue weighted by Crippen LogP contribution is 2.23. The van der Waals surface area contributed by atoms with Crippen molar-refractivity contribution in [3.8, 4) is 0 Å². The molecule has 0 saturated carbocycles. The number of nitrogens with zero attached hydrogens (tertiary/aromatic N) is 2. The summed E-state index contributed by atoms with van der Waals surface area (Å²) < 4.78 is 0. The Labute approximate surface area is 98.7 Å². The van der Waals surface area contributed by atoms with Crippen LogP contribution < -0.4 is 4.90 Å². The van der Waals surface area contributed by atoms with E-state index in [9.17, 15) is 0 Å². The van der Waals surface area contributed by atoms with Gasteiger partial charge in [0, 0.05) is 18.6 Å². The Hall–Kier alpha value is -1.48.